The Morgan fingerprint density at radius 3 is 2.95 bits per heavy atom. The molecule has 0 fully saturated rings. The molecule has 1 amide bonds. The van der Waals surface area contributed by atoms with Crippen LogP contribution in [0.1, 0.15) is 19.4 Å². The number of aromatic hydroxyl groups is 1. The Balaban J connectivity index is 2.00. The van der Waals surface area contributed by atoms with Crippen LogP contribution in [-0.2, 0) is 17.8 Å². The standard InChI is InChI=1S/C14H18N4O2/c1-10(2)9-18-4-3-16-14(18)17-13(20)6-11-5-12(19)8-15-7-11/h3-5,7-8,10,19H,6,9H2,1-2H3,(H,16,17,20). The number of nitrogens with zero attached hydrogens (tertiary/aromatic N) is 3. The molecule has 0 unspecified atom stereocenters. The highest BCUT2D eigenvalue weighted by molar-refractivity contribution is 5.90. The fraction of sp³-hybridized carbons (Fsp3) is 0.357. The number of carbonyl (C=O) groups is 1. The molecule has 2 heterocycles. The van der Waals surface area contributed by atoms with Gasteiger partial charge in [0.05, 0.1) is 12.6 Å². The van der Waals surface area contributed by atoms with E-state index >= 15 is 0 Å². The average Bonchev–Trinajstić information content (AvgIpc) is 2.75. The minimum atomic E-state index is -0.186. The van der Waals surface area contributed by atoms with Gasteiger partial charge in [0.1, 0.15) is 5.75 Å². The van der Waals surface area contributed by atoms with Gasteiger partial charge in [-0.2, -0.15) is 0 Å². The molecule has 0 aliphatic rings. The maximum Gasteiger partial charge on any atom is 0.231 e. The lowest BCUT2D eigenvalue weighted by atomic mass is 10.2. The summed E-state index contributed by atoms with van der Waals surface area (Å²) in [6.45, 7) is 5.00. The third kappa shape index (κ3) is 3.81. The summed E-state index contributed by atoms with van der Waals surface area (Å²) >= 11 is 0. The van der Waals surface area contributed by atoms with Crippen LogP contribution in [0.5, 0.6) is 5.75 Å². The number of nitrogens with one attached hydrogen (secondary N) is 1. The van der Waals surface area contributed by atoms with E-state index < -0.39 is 0 Å². The van der Waals surface area contributed by atoms with Crippen molar-refractivity contribution in [3.05, 3.63) is 36.4 Å². The van der Waals surface area contributed by atoms with Crippen molar-refractivity contribution in [3.63, 3.8) is 0 Å². The maximum atomic E-state index is 12.0. The molecule has 0 saturated heterocycles. The normalized spacial score (nSPS) is 10.8. The van der Waals surface area contributed by atoms with Crippen molar-refractivity contribution in [2.45, 2.75) is 26.8 Å². The molecule has 2 aromatic heterocycles. The van der Waals surface area contributed by atoms with E-state index in [-0.39, 0.29) is 18.1 Å². The number of aromatic nitrogens is 3. The molecular weight excluding hydrogens is 256 g/mol. The van der Waals surface area contributed by atoms with Gasteiger partial charge in [-0.05, 0) is 17.5 Å². The minimum absolute atomic E-state index is 0.0524. The van der Waals surface area contributed by atoms with Crippen molar-refractivity contribution in [1.29, 1.82) is 0 Å². The van der Waals surface area contributed by atoms with Gasteiger partial charge in [0.2, 0.25) is 11.9 Å². The van der Waals surface area contributed by atoms with Crippen LogP contribution in [0.2, 0.25) is 0 Å². The molecule has 0 radical (unpaired) electrons. The zero-order chi connectivity index (χ0) is 14.5. The number of carbonyl (C=O) groups excluding carboxylic acids is 1. The first-order valence-electron chi connectivity index (χ1n) is 6.48. The zero-order valence-electron chi connectivity index (χ0n) is 11.6. The Morgan fingerprint density at radius 1 is 1.45 bits per heavy atom. The van der Waals surface area contributed by atoms with E-state index in [4.69, 9.17) is 0 Å². The van der Waals surface area contributed by atoms with Gasteiger partial charge in [-0.3, -0.25) is 15.1 Å². The highest BCUT2D eigenvalue weighted by Gasteiger charge is 2.10. The molecule has 106 valence electrons. The highest BCUT2D eigenvalue weighted by Crippen LogP contribution is 2.11. The second-order valence-corrected chi connectivity index (χ2v) is 5.07. The van der Waals surface area contributed by atoms with Crippen molar-refractivity contribution >= 4 is 11.9 Å². The third-order valence-electron chi connectivity index (χ3n) is 2.67. The van der Waals surface area contributed by atoms with Gasteiger partial charge in [0.25, 0.3) is 0 Å². The third-order valence-corrected chi connectivity index (χ3v) is 2.67. The van der Waals surface area contributed by atoms with Crippen LogP contribution < -0.4 is 5.32 Å². The van der Waals surface area contributed by atoms with Gasteiger partial charge in [-0.25, -0.2) is 4.98 Å². The van der Waals surface area contributed by atoms with E-state index in [0.717, 1.165) is 6.54 Å². The summed E-state index contributed by atoms with van der Waals surface area (Å²) in [5.74, 6) is 0.872. The van der Waals surface area contributed by atoms with Crippen LogP contribution in [0, 0.1) is 5.92 Å². The number of pyridine rings is 1. The fourth-order valence-corrected chi connectivity index (χ4v) is 1.90. The topological polar surface area (TPSA) is 80.0 Å². The molecule has 2 aromatic rings. The summed E-state index contributed by atoms with van der Waals surface area (Å²) in [5, 5.41) is 12.1. The largest absolute Gasteiger partial charge is 0.506 e. The van der Waals surface area contributed by atoms with Crippen LogP contribution in [-0.4, -0.2) is 25.5 Å². The van der Waals surface area contributed by atoms with Gasteiger partial charge in [-0.15, -0.1) is 0 Å². The predicted molar refractivity (Wildman–Crippen MR) is 75.3 cm³/mol. The number of hydrogen-bond donors (Lipinski definition) is 2. The van der Waals surface area contributed by atoms with Crippen molar-refractivity contribution in [2.75, 3.05) is 5.32 Å². The van der Waals surface area contributed by atoms with E-state index in [1.165, 1.54) is 12.3 Å². The molecule has 6 heteroatoms. The summed E-state index contributed by atoms with van der Waals surface area (Å²) in [6, 6.07) is 1.52. The van der Waals surface area contributed by atoms with Crippen molar-refractivity contribution in [3.8, 4) is 5.75 Å². The van der Waals surface area contributed by atoms with E-state index in [1.807, 2.05) is 10.8 Å². The molecule has 0 atom stereocenters. The van der Waals surface area contributed by atoms with Crippen LogP contribution in [0.3, 0.4) is 0 Å². The van der Waals surface area contributed by atoms with Gasteiger partial charge >= 0.3 is 0 Å². The molecule has 2 N–H and O–H groups in total. The Kier molecular flexibility index (Phi) is 4.34. The number of amides is 1. The molecule has 0 saturated carbocycles. The molecule has 0 aliphatic carbocycles. The lowest BCUT2D eigenvalue weighted by Crippen LogP contribution is -2.18. The van der Waals surface area contributed by atoms with Crippen LogP contribution in [0.25, 0.3) is 0 Å². The van der Waals surface area contributed by atoms with E-state index in [2.05, 4.69) is 29.1 Å². The van der Waals surface area contributed by atoms with E-state index in [0.29, 0.717) is 17.4 Å². The lowest BCUT2D eigenvalue weighted by molar-refractivity contribution is -0.115. The monoisotopic (exact) mass is 274 g/mol. The molecule has 2 rings (SSSR count). The second kappa shape index (κ2) is 6.18. The minimum Gasteiger partial charge on any atom is -0.506 e. The van der Waals surface area contributed by atoms with Crippen LogP contribution in [0.4, 0.5) is 5.95 Å². The smallest absolute Gasteiger partial charge is 0.231 e. The van der Waals surface area contributed by atoms with Crippen LogP contribution in [0.15, 0.2) is 30.9 Å². The molecule has 20 heavy (non-hydrogen) atoms. The second-order valence-electron chi connectivity index (χ2n) is 5.07. The number of imidazole rings is 1. The van der Waals surface area contributed by atoms with Gasteiger partial charge in [-0.1, -0.05) is 13.8 Å². The van der Waals surface area contributed by atoms with Gasteiger partial charge in [0.15, 0.2) is 0 Å². The first kappa shape index (κ1) is 14.0. The van der Waals surface area contributed by atoms with Gasteiger partial charge < -0.3 is 9.67 Å². The summed E-state index contributed by atoms with van der Waals surface area (Å²) in [6.07, 6.45) is 6.53. The van der Waals surface area contributed by atoms with Crippen LogP contribution >= 0.6 is 0 Å². The lowest BCUT2D eigenvalue weighted by Gasteiger charge is -2.11. The zero-order valence-corrected chi connectivity index (χ0v) is 11.6. The summed E-state index contributed by atoms with van der Waals surface area (Å²) in [7, 11) is 0. The molecule has 0 aliphatic heterocycles. The molecule has 0 bridgehead atoms. The van der Waals surface area contributed by atoms with E-state index in [9.17, 15) is 9.90 Å². The number of hydrogen-bond acceptors (Lipinski definition) is 4. The molecule has 0 spiro atoms. The Morgan fingerprint density at radius 2 is 2.25 bits per heavy atom. The Hall–Kier alpha value is -2.37. The van der Waals surface area contributed by atoms with Crippen molar-refractivity contribution in [1.82, 2.24) is 14.5 Å². The van der Waals surface area contributed by atoms with Crippen molar-refractivity contribution in [2.24, 2.45) is 5.92 Å². The first-order valence-corrected chi connectivity index (χ1v) is 6.48. The number of anilines is 1. The average molecular weight is 274 g/mol. The van der Waals surface area contributed by atoms with E-state index in [1.54, 1.807) is 12.4 Å². The Labute approximate surface area is 117 Å². The first-order chi connectivity index (χ1) is 9.54. The molecular formula is C14H18N4O2. The highest BCUT2D eigenvalue weighted by atomic mass is 16.3. The number of rotatable bonds is 5. The predicted octanol–water partition coefficient (Wildman–Crippen LogP) is 1.82. The maximum absolute atomic E-state index is 12.0. The van der Waals surface area contributed by atoms with Gasteiger partial charge in [0, 0.05) is 25.1 Å². The summed E-state index contributed by atoms with van der Waals surface area (Å²) < 4.78 is 1.91. The fourth-order valence-electron chi connectivity index (χ4n) is 1.90. The van der Waals surface area contributed by atoms with Crippen molar-refractivity contribution < 1.29 is 9.90 Å². The Bertz CT molecular complexity index is 592. The summed E-state index contributed by atoms with van der Waals surface area (Å²) in [4.78, 5) is 19.9. The molecule has 6 nitrogen and oxygen atoms in total. The SMILES string of the molecule is CC(C)Cn1ccnc1NC(=O)Cc1cncc(O)c1. The summed E-state index contributed by atoms with van der Waals surface area (Å²) in [5.41, 5.74) is 0.657. The quantitative estimate of drug-likeness (QED) is 0.871. The molecule has 0 aromatic carbocycles.